The van der Waals surface area contributed by atoms with E-state index in [4.69, 9.17) is 4.74 Å². The highest BCUT2D eigenvalue weighted by Crippen LogP contribution is 2.27. The van der Waals surface area contributed by atoms with Crippen LogP contribution in [-0.4, -0.2) is 11.6 Å². The van der Waals surface area contributed by atoms with Gasteiger partial charge in [-0.1, -0.05) is 28.8 Å². The Labute approximate surface area is 106 Å². The van der Waals surface area contributed by atoms with Gasteiger partial charge in [-0.05, 0) is 37.8 Å². The van der Waals surface area contributed by atoms with Crippen LogP contribution in [-0.2, 0) is 5.33 Å². The minimum absolute atomic E-state index is 0.754. The molecule has 2 nitrogen and oxygen atoms in total. The van der Waals surface area contributed by atoms with Gasteiger partial charge in [0.2, 0.25) is 0 Å². The number of ether oxygens (including phenoxy) is 1. The van der Waals surface area contributed by atoms with E-state index in [1.807, 2.05) is 19.1 Å². The van der Waals surface area contributed by atoms with E-state index in [0.717, 1.165) is 35.0 Å². The van der Waals surface area contributed by atoms with Crippen molar-refractivity contribution in [3.63, 3.8) is 0 Å². The van der Waals surface area contributed by atoms with Gasteiger partial charge >= 0.3 is 0 Å². The summed E-state index contributed by atoms with van der Waals surface area (Å²) in [6.07, 6.45) is 5.38. The fourth-order valence-corrected chi connectivity index (χ4v) is 2.61. The average Bonchev–Trinajstić information content (AvgIpc) is 2.80. The Bertz CT molecular complexity index is 348. The molecule has 1 aliphatic rings. The van der Waals surface area contributed by atoms with Crippen LogP contribution in [0.4, 0.5) is 0 Å². The number of hydrogen-bond donors (Lipinski definition) is 0. The Balaban J connectivity index is 1.97. The van der Waals surface area contributed by atoms with E-state index >= 15 is 0 Å². The monoisotopic (exact) mass is 283 g/mol. The molecular weight excluding hydrogens is 266 g/mol. The second kappa shape index (κ2) is 5.67. The number of aryl methyl sites for hydroxylation is 1. The number of aromatic nitrogens is 1. The lowest BCUT2D eigenvalue weighted by Gasteiger charge is -2.13. The van der Waals surface area contributed by atoms with E-state index in [0.29, 0.717) is 0 Å². The summed E-state index contributed by atoms with van der Waals surface area (Å²) in [4.78, 5) is 4.46. The zero-order valence-corrected chi connectivity index (χ0v) is 11.3. The summed E-state index contributed by atoms with van der Waals surface area (Å²) in [6.45, 7) is 2.86. The van der Waals surface area contributed by atoms with Crippen molar-refractivity contribution in [1.29, 1.82) is 0 Å². The van der Waals surface area contributed by atoms with E-state index in [1.165, 1.54) is 25.7 Å². The van der Waals surface area contributed by atoms with Crippen LogP contribution in [0.5, 0.6) is 5.75 Å². The lowest BCUT2D eigenvalue weighted by molar-refractivity contribution is 0.249. The highest BCUT2D eigenvalue weighted by molar-refractivity contribution is 9.08. The first kappa shape index (κ1) is 11.9. The third-order valence-corrected chi connectivity index (χ3v) is 3.68. The van der Waals surface area contributed by atoms with Crippen LogP contribution in [0.2, 0.25) is 0 Å². The van der Waals surface area contributed by atoms with Crippen molar-refractivity contribution < 1.29 is 4.74 Å². The highest BCUT2D eigenvalue weighted by atomic mass is 79.9. The van der Waals surface area contributed by atoms with Gasteiger partial charge in [-0.15, -0.1) is 0 Å². The third kappa shape index (κ3) is 2.97. The summed E-state index contributed by atoms with van der Waals surface area (Å²) in [6, 6.07) is 4.05. The zero-order chi connectivity index (χ0) is 11.4. The molecule has 0 unspecified atom stereocenters. The molecule has 0 radical (unpaired) electrons. The summed E-state index contributed by atoms with van der Waals surface area (Å²) in [5.74, 6) is 1.69. The van der Waals surface area contributed by atoms with Crippen LogP contribution in [0.15, 0.2) is 12.1 Å². The third-order valence-electron chi connectivity index (χ3n) is 3.15. The van der Waals surface area contributed by atoms with Gasteiger partial charge in [0.25, 0.3) is 0 Å². The molecular formula is C13H18BrNO. The van der Waals surface area contributed by atoms with Crippen molar-refractivity contribution in [3.05, 3.63) is 23.5 Å². The van der Waals surface area contributed by atoms with Crippen LogP contribution in [0.3, 0.4) is 0 Å². The normalized spacial score (nSPS) is 16.6. The zero-order valence-electron chi connectivity index (χ0n) is 9.71. The topological polar surface area (TPSA) is 22.1 Å². The molecule has 3 heteroatoms. The van der Waals surface area contributed by atoms with E-state index in [9.17, 15) is 0 Å². The van der Waals surface area contributed by atoms with Gasteiger partial charge in [0.1, 0.15) is 5.75 Å². The van der Waals surface area contributed by atoms with E-state index in [1.54, 1.807) is 0 Å². The van der Waals surface area contributed by atoms with E-state index in [-0.39, 0.29) is 0 Å². The lowest BCUT2D eigenvalue weighted by Crippen LogP contribution is -2.09. The molecule has 0 aliphatic heterocycles. The molecule has 1 fully saturated rings. The molecule has 1 aromatic rings. The van der Waals surface area contributed by atoms with Crippen LogP contribution in [0.25, 0.3) is 0 Å². The average molecular weight is 284 g/mol. The molecule has 1 aliphatic carbocycles. The van der Waals surface area contributed by atoms with Gasteiger partial charge in [-0.3, -0.25) is 4.98 Å². The predicted molar refractivity (Wildman–Crippen MR) is 69.1 cm³/mol. The fourth-order valence-electron chi connectivity index (χ4n) is 2.21. The number of hydrogen-bond acceptors (Lipinski definition) is 2. The maximum Gasteiger partial charge on any atom is 0.141 e. The van der Waals surface area contributed by atoms with Crippen molar-refractivity contribution in [1.82, 2.24) is 4.98 Å². The largest absolute Gasteiger partial charge is 0.491 e. The van der Waals surface area contributed by atoms with Gasteiger partial charge in [-0.2, -0.15) is 0 Å². The summed E-state index contributed by atoms with van der Waals surface area (Å²) < 4.78 is 5.87. The first-order valence-corrected chi connectivity index (χ1v) is 7.07. The minimum atomic E-state index is 0.754. The van der Waals surface area contributed by atoms with Crippen LogP contribution in [0.1, 0.15) is 37.1 Å². The quantitative estimate of drug-likeness (QED) is 0.783. The number of pyridine rings is 1. The van der Waals surface area contributed by atoms with Crippen LogP contribution < -0.4 is 4.74 Å². The summed E-state index contributed by atoms with van der Waals surface area (Å²) in [5, 5.41) is 0.759. The maximum absolute atomic E-state index is 5.87. The molecule has 2 rings (SSSR count). The molecule has 0 aromatic carbocycles. The molecule has 1 aromatic heterocycles. The molecule has 0 amide bonds. The van der Waals surface area contributed by atoms with E-state index in [2.05, 4.69) is 20.9 Å². The first-order chi connectivity index (χ1) is 7.79. The smallest absolute Gasteiger partial charge is 0.141 e. The highest BCUT2D eigenvalue weighted by Gasteiger charge is 2.16. The molecule has 0 atom stereocenters. The van der Waals surface area contributed by atoms with Gasteiger partial charge in [0.15, 0.2) is 0 Å². The second-order valence-electron chi connectivity index (χ2n) is 4.49. The number of halogens is 1. The Kier molecular flexibility index (Phi) is 4.22. The molecule has 16 heavy (non-hydrogen) atoms. The van der Waals surface area contributed by atoms with E-state index < -0.39 is 0 Å². The van der Waals surface area contributed by atoms with Crippen LogP contribution in [0, 0.1) is 12.8 Å². The van der Waals surface area contributed by atoms with Crippen LogP contribution >= 0.6 is 15.9 Å². The first-order valence-electron chi connectivity index (χ1n) is 5.95. The number of rotatable bonds is 4. The van der Waals surface area contributed by atoms with Gasteiger partial charge in [-0.25, -0.2) is 0 Å². The molecule has 0 N–H and O–H groups in total. The molecule has 0 saturated heterocycles. The lowest BCUT2D eigenvalue weighted by atomic mass is 10.1. The SMILES string of the molecule is Cc1ccc(OCC2CCCC2)c(CBr)n1. The molecule has 0 spiro atoms. The summed E-state index contributed by atoms with van der Waals surface area (Å²) in [7, 11) is 0. The van der Waals surface area contributed by atoms with Crippen molar-refractivity contribution in [2.45, 2.75) is 37.9 Å². The number of alkyl halides is 1. The number of nitrogens with zero attached hydrogens (tertiary/aromatic N) is 1. The predicted octanol–water partition coefficient (Wildman–Crippen LogP) is 3.85. The summed E-state index contributed by atoms with van der Waals surface area (Å²) >= 11 is 3.45. The second-order valence-corrected chi connectivity index (χ2v) is 5.05. The molecule has 1 heterocycles. The summed E-state index contributed by atoms with van der Waals surface area (Å²) in [5.41, 5.74) is 2.06. The minimum Gasteiger partial charge on any atom is -0.491 e. The van der Waals surface area contributed by atoms with Gasteiger partial charge in [0, 0.05) is 11.0 Å². The van der Waals surface area contributed by atoms with Crippen molar-refractivity contribution >= 4 is 15.9 Å². The van der Waals surface area contributed by atoms with Gasteiger partial charge in [0.05, 0.1) is 12.3 Å². The molecule has 88 valence electrons. The van der Waals surface area contributed by atoms with Crippen molar-refractivity contribution in [3.8, 4) is 5.75 Å². The Morgan fingerprint density at radius 2 is 2.12 bits per heavy atom. The van der Waals surface area contributed by atoms with Crippen molar-refractivity contribution in [2.24, 2.45) is 5.92 Å². The Hall–Kier alpha value is -0.570. The standard InChI is InChI=1S/C13H18BrNO/c1-10-6-7-13(12(8-14)15-10)16-9-11-4-2-3-5-11/h6-7,11H,2-5,8-9H2,1H3. The molecule has 1 saturated carbocycles. The maximum atomic E-state index is 5.87. The van der Waals surface area contributed by atoms with Gasteiger partial charge < -0.3 is 4.74 Å². The fraction of sp³-hybridized carbons (Fsp3) is 0.615. The Morgan fingerprint density at radius 3 is 2.81 bits per heavy atom. The van der Waals surface area contributed by atoms with Crippen molar-refractivity contribution in [2.75, 3.05) is 6.61 Å². The Morgan fingerprint density at radius 1 is 1.38 bits per heavy atom. The molecule has 0 bridgehead atoms.